The van der Waals surface area contributed by atoms with Gasteiger partial charge in [0, 0.05) is 5.02 Å². The highest BCUT2D eigenvalue weighted by molar-refractivity contribution is 6.33. The topological polar surface area (TPSA) is 26.3 Å². The van der Waals surface area contributed by atoms with Gasteiger partial charge in [0.05, 0.1) is 10.6 Å². The molecular weight excluding hydrogens is 290 g/mol. The molecule has 2 aromatic carbocycles. The first-order valence-corrected chi connectivity index (χ1v) is 6.16. The lowest BCUT2D eigenvalue weighted by Gasteiger charge is -2.07. The third kappa shape index (κ3) is 3.25. The van der Waals surface area contributed by atoms with Gasteiger partial charge in [-0.15, -0.1) is 0 Å². The summed E-state index contributed by atoms with van der Waals surface area (Å²) in [6, 6.07) is 8.33. The van der Waals surface area contributed by atoms with Crippen LogP contribution in [0.2, 0.25) is 10.0 Å². The van der Waals surface area contributed by atoms with Gasteiger partial charge >= 0.3 is 5.97 Å². The first kappa shape index (κ1) is 13.8. The van der Waals surface area contributed by atoms with Crippen molar-refractivity contribution in [1.29, 1.82) is 0 Å². The molecule has 2 aromatic rings. The lowest BCUT2D eigenvalue weighted by molar-refractivity contribution is 0.0735. The van der Waals surface area contributed by atoms with Crippen LogP contribution in [0, 0.1) is 12.7 Å². The molecule has 0 bridgehead atoms. The average Bonchev–Trinajstić information content (AvgIpc) is 2.33. The number of carbonyl (C=O) groups excluding carboxylic acids is 1. The van der Waals surface area contributed by atoms with Crippen LogP contribution >= 0.6 is 23.2 Å². The zero-order chi connectivity index (χ0) is 14.0. The second-order valence-electron chi connectivity index (χ2n) is 3.92. The van der Waals surface area contributed by atoms with E-state index in [9.17, 15) is 9.18 Å². The number of esters is 1. The molecule has 0 radical (unpaired) electrons. The summed E-state index contributed by atoms with van der Waals surface area (Å²) in [5, 5.41) is 0.593. The van der Waals surface area contributed by atoms with E-state index in [0.717, 1.165) is 17.7 Å². The molecule has 0 atom stereocenters. The molecule has 0 unspecified atom stereocenters. The second kappa shape index (κ2) is 5.59. The molecule has 2 nitrogen and oxygen atoms in total. The third-order valence-corrected chi connectivity index (χ3v) is 3.23. The summed E-state index contributed by atoms with van der Waals surface area (Å²) in [6.07, 6.45) is 0. The van der Waals surface area contributed by atoms with Gasteiger partial charge in [-0.1, -0.05) is 23.2 Å². The molecule has 19 heavy (non-hydrogen) atoms. The van der Waals surface area contributed by atoms with Crippen LogP contribution in [0.25, 0.3) is 0 Å². The quantitative estimate of drug-likeness (QED) is 0.595. The highest BCUT2D eigenvalue weighted by Crippen LogP contribution is 2.23. The number of aryl methyl sites for hydroxylation is 1. The number of hydrogen-bond acceptors (Lipinski definition) is 2. The molecule has 0 aliphatic carbocycles. The Balaban J connectivity index is 2.23. The second-order valence-corrected chi connectivity index (χ2v) is 4.74. The summed E-state index contributed by atoms with van der Waals surface area (Å²) in [5.74, 6) is -0.803. The van der Waals surface area contributed by atoms with Crippen LogP contribution < -0.4 is 4.74 Å². The van der Waals surface area contributed by atoms with Gasteiger partial charge in [-0.2, -0.15) is 0 Å². The molecule has 0 aromatic heterocycles. The minimum absolute atomic E-state index is 0.00989. The fraction of sp³-hybridized carbons (Fsp3) is 0.0714. The fourth-order valence-electron chi connectivity index (χ4n) is 1.50. The van der Waals surface area contributed by atoms with Crippen LogP contribution in [0.15, 0.2) is 36.4 Å². The first-order valence-electron chi connectivity index (χ1n) is 5.41. The van der Waals surface area contributed by atoms with Gasteiger partial charge in [0.15, 0.2) is 0 Å². The Morgan fingerprint density at radius 1 is 1.11 bits per heavy atom. The van der Waals surface area contributed by atoms with Crippen molar-refractivity contribution in [1.82, 2.24) is 0 Å². The van der Waals surface area contributed by atoms with E-state index in [4.69, 9.17) is 27.9 Å². The van der Waals surface area contributed by atoms with Crippen molar-refractivity contribution in [3.63, 3.8) is 0 Å². The lowest BCUT2D eigenvalue weighted by atomic mass is 10.2. The van der Waals surface area contributed by atoms with Crippen molar-refractivity contribution < 1.29 is 13.9 Å². The Hall–Kier alpha value is -1.58. The largest absolute Gasteiger partial charge is 0.423 e. The molecule has 98 valence electrons. The van der Waals surface area contributed by atoms with E-state index in [1.807, 2.05) is 0 Å². The Morgan fingerprint density at radius 3 is 2.47 bits per heavy atom. The van der Waals surface area contributed by atoms with Gasteiger partial charge in [-0.3, -0.25) is 0 Å². The SMILES string of the molecule is Cc1cc(OC(=O)c2ccc(F)cc2Cl)ccc1Cl. The van der Waals surface area contributed by atoms with Crippen LogP contribution in [-0.4, -0.2) is 5.97 Å². The molecule has 0 aliphatic rings. The summed E-state index contributed by atoms with van der Waals surface area (Å²) >= 11 is 11.7. The summed E-state index contributed by atoms with van der Waals surface area (Å²) in [7, 11) is 0. The Labute approximate surface area is 119 Å². The minimum Gasteiger partial charge on any atom is -0.423 e. The molecule has 5 heteroatoms. The van der Waals surface area contributed by atoms with Gasteiger partial charge in [0.1, 0.15) is 11.6 Å². The van der Waals surface area contributed by atoms with Crippen molar-refractivity contribution in [3.05, 3.63) is 63.4 Å². The van der Waals surface area contributed by atoms with Gasteiger partial charge < -0.3 is 4.74 Å². The van der Waals surface area contributed by atoms with E-state index in [1.54, 1.807) is 25.1 Å². The summed E-state index contributed by atoms with van der Waals surface area (Å²) in [5.41, 5.74) is 0.896. The van der Waals surface area contributed by atoms with Crippen LogP contribution in [-0.2, 0) is 0 Å². The molecule has 0 heterocycles. The molecule has 0 aliphatic heterocycles. The Kier molecular flexibility index (Phi) is 4.08. The van der Waals surface area contributed by atoms with E-state index in [1.165, 1.54) is 6.07 Å². The minimum atomic E-state index is -0.647. The maximum atomic E-state index is 12.9. The molecule has 0 N–H and O–H groups in total. The smallest absolute Gasteiger partial charge is 0.345 e. The molecule has 0 saturated heterocycles. The van der Waals surface area contributed by atoms with E-state index >= 15 is 0 Å². The van der Waals surface area contributed by atoms with Crippen molar-refractivity contribution in [2.75, 3.05) is 0 Å². The van der Waals surface area contributed by atoms with Gasteiger partial charge in [-0.05, 0) is 48.9 Å². The lowest BCUT2D eigenvalue weighted by Crippen LogP contribution is -2.09. The maximum Gasteiger partial charge on any atom is 0.345 e. The van der Waals surface area contributed by atoms with Crippen molar-refractivity contribution >= 4 is 29.2 Å². The van der Waals surface area contributed by atoms with Crippen molar-refractivity contribution in [2.24, 2.45) is 0 Å². The number of halogens is 3. The molecular formula is C14H9Cl2FO2. The Bertz CT molecular complexity index is 641. The summed E-state index contributed by atoms with van der Waals surface area (Å²) in [4.78, 5) is 11.9. The van der Waals surface area contributed by atoms with Gasteiger partial charge in [-0.25, -0.2) is 9.18 Å². The average molecular weight is 299 g/mol. The number of benzene rings is 2. The highest BCUT2D eigenvalue weighted by atomic mass is 35.5. The number of carbonyl (C=O) groups is 1. The van der Waals surface area contributed by atoms with Gasteiger partial charge in [0.25, 0.3) is 0 Å². The molecule has 0 saturated carbocycles. The van der Waals surface area contributed by atoms with Crippen LogP contribution in [0.1, 0.15) is 15.9 Å². The summed E-state index contributed by atoms with van der Waals surface area (Å²) in [6.45, 7) is 1.80. The normalized spacial score (nSPS) is 10.3. The molecule has 2 rings (SSSR count). The standard InChI is InChI=1S/C14H9Cl2FO2/c1-8-6-10(3-5-12(8)15)19-14(18)11-4-2-9(17)7-13(11)16/h2-7H,1H3. The van der Waals surface area contributed by atoms with E-state index < -0.39 is 11.8 Å². The van der Waals surface area contributed by atoms with Crippen molar-refractivity contribution in [3.8, 4) is 5.75 Å². The predicted molar refractivity (Wildman–Crippen MR) is 72.6 cm³/mol. The van der Waals surface area contributed by atoms with E-state index in [0.29, 0.717) is 10.8 Å². The third-order valence-electron chi connectivity index (χ3n) is 2.49. The molecule has 0 spiro atoms. The van der Waals surface area contributed by atoms with E-state index in [2.05, 4.69) is 0 Å². The predicted octanol–water partition coefficient (Wildman–Crippen LogP) is 4.66. The zero-order valence-electron chi connectivity index (χ0n) is 9.91. The molecule has 0 fully saturated rings. The fourth-order valence-corrected chi connectivity index (χ4v) is 1.86. The highest BCUT2D eigenvalue weighted by Gasteiger charge is 2.13. The number of rotatable bonds is 2. The first-order chi connectivity index (χ1) is 8.97. The summed E-state index contributed by atoms with van der Waals surface area (Å²) < 4.78 is 18.0. The van der Waals surface area contributed by atoms with E-state index in [-0.39, 0.29) is 10.6 Å². The number of ether oxygens (including phenoxy) is 1. The monoisotopic (exact) mass is 298 g/mol. The van der Waals surface area contributed by atoms with Crippen LogP contribution in [0.3, 0.4) is 0 Å². The maximum absolute atomic E-state index is 12.9. The zero-order valence-corrected chi connectivity index (χ0v) is 11.4. The van der Waals surface area contributed by atoms with Gasteiger partial charge in [0.2, 0.25) is 0 Å². The van der Waals surface area contributed by atoms with Crippen LogP contribution in [0.5, 0.6) is 5.75 Å². The van der Waals surface area contributed by atoms with Crippen LogP contribution in [0.4, 0.5) is 4.39 Å². The van der Waals surface area contributed by atoms with Crippen molar-refractivity contribution in [2.45, 2.75) is 6.92 Å². The molecule has 0 amide bonds. The number of hydrogen-bond donors (Lipinski definition) is 0. The Morgan fingerprint density at radius 2 is 1.84 bits per heavy atom.